The number of nitrogens with zero attached hydrogens (tertiary/aromatic N) is 4. The van der Waals surface area contributed by atoms with Gasteiger partial charge >= 0.3 is 11.7 Å². The Hall–Kier alpha value is -4.79. The van der Waals surface area contributed by atoms with Crippen molar-refractivity contribution < 1.29 is 9.53 Å². The van der Waals surface area contributed by atoms with E-state index in [-0.39, 0.29) is 23.1 Å². The zero-order chi connectivity index (χ0) is 22.8. The molecule has 0 radical (unpaired) electrons. The van der Waals surface area contributed by atoms with Crippen LogP contribution in [0.1, 0.15) is 15.9 Å². The first-order valence-electron chi connectivity index (χ1n) is 10.0. The quantitative estimate of drug-likeness (QED) is 0.422. The fraction of sp³-hybridized carbons (Fsp3) is 0.0417. The highest BCUT2D eigenvalue weighted by Crippen LogP contribution is 2.14. The van der Waals surface area contributed by atoms with Crippen LogP contribution < -0.4 is 11.2 Å². The molecule has 33 heavy (non-hydrogen) atoms. The fourth-order valence-corrected chi connectivity index (χ4v) is 3.47. The van der Waals surface area contributed by atoms with E-state index in [0.29, 0.717) is 11.5 Å². The molecule has 0 aliphatic heterocycles. The SMILES string of the molecule is O=C(OCc1ccnc(-n2ccnc2)c1)c1ccc2c(=O)n(-c3ccccc3)c(=O)[nH]c2c1. The molecule has 0 amide bonds. The summed E-state index contributed by atoms with van der Waals surface area (Å²) in [5.74, 6) is 0.0741. The molecule has 0 saturated heterocycles. The van der Waals surface area contributed by atoms with E-state index in [1.807, 2.05) is 0 Å². The summed E-state index contributed by atoms with van der Waals surface area (Å²) >= 11 is 0. The summed E-state index contributed by atoms with van der Waals surface area (Å²) in [4.78, 5) is 49.0. The Bertz CT molecular complexity index is 1570. The summed E-state index contributed by atoms with van der Waals surface area (Å²) in [5.41, 5.74) is 0.636. The van der Waals surface area contributed by atoms with Crippen LogP contribution in [0.25, 0.3) is 22.4 Å². The standard InChI is InChI=1S/C24H17N5O4/c30-22-19-7-6-17(13-20(19)27-24(32)29(22)18-4-2-1-3-5-18)23(31)33-14-16-8-9-26-21(12-16)28-11-10-25-15-28/h1-13,15H,14H2,(H,27,32). The Labute approximate surface area is 186 Å². The first kappa shape index (κ1) is 20.1. The third kappa shape index (κ3) is 3.94. The van der Waals surface area contributed by atoms with Crippen molar-refractivity contribution in [1.29, 1.82) is 0 Å². The van der Waals surface area contributed by atoms with Crippen LogP contribution in [0.4, 0.5) is 0 Å². The molecule has 3 aromatic heterocycles. The number of carbonyl (C=O) groups excluding carboxylic acids is 1. The van der Waals surface area contributed by atoms with Gasteiger partial charge in [-0.15, -0.1) is 0 Å². The molecule has 5 aromatic rings. The predicted octanol–water partition coefficient (Wildman–Crippen LogP) is 2.62. The summed E-state index contributed by atoms with van der Waals surface area (Å²) in [6.45, 7) is 0.0349. The first-order chi connectivity index (χ1) is 16.1. The van der Waals surface area contributed by atoms with Gasteiger partial charge in [-0.05, 0) is 48.0 Å². The van der Waals surface area contributed by atoms with E-state index in [0.717, 1.165) is 10.1 Å². The molecule has 0 unspecified atom stereocenters. The number of imidazole rings is 1. The molecule has 0 fully saturated rings. The minimum Gasteiger partial charge on any atom is -0.457 e. The number of rotatable bonds is 5. The second-order valence-corrected chi connectivity index (χ2v) is 7.24. The van der Waals surface area contributed by atoms with Crippen molar-refractivity contribution in [1.82, 2.24) is 24.1 Å². The number of para-hydroxylation sites is 1. The molecule has 0 aliphatic carbocycles. The van der Waals surface area contributed by atoms with Crippen LogP contribution in [0.5, 0.6) is 0 Å². The van der Waals surface area contributed by atoms with Gasteiger partial charge in [-0.2, -0.15) is 0 Å². The maximum absolute atomic E-state index is 12.9. The maximum atomic E-state index is 12.9. The Kier molecular flexibility index (Phi) is 5.12. The van der Waals surface area contributed by atoms with Crippen molar-refractivity contribution in [2.24, 2.45) is 0 Å². The highest BCUT2D eigenvalue weighted by atomic mass is 16.5. The van der Waals surface area contributed by atoms with Gasteiger partial charge in [0, 0.05) is 18.6 Å². The minimum atomic E-state index is -0.590. The van der Waals surface area contributed by atoms with Crippen molar-refractivity contribution >= 4 is 16.9 Å². The van der Waals surface area contributed by atoms with Crippen molar-refractivity contribution in [2.45, 2.75) is 6.61 Å². The zero-order valence-electron chi connectivity index (χ0n) is 17.2. The molecule has 162 valence electrons. The van der Waals surface area contributed by atoms with Gasteiger partial charge in [0.05, 0.1) is 22.2 Å². The predicted molar refractivity (Wildman–Crippen MR) is 121 cm³/mol. The van der Waals surface area contributed by atoms with Gasteiger partial charge in [0.15, 0.2) is 0 Å². The number of nitrogens with one attached hydrogen (secondary N) is 1. The monoisotopic (exact) mass is 439 g/mol. The molecular weight excluding hydrogens is 422 g/mol. The van der Waals surface area contributed by atoms with Gasteiger partial charge in [0.25, 0.3) is 5.56 Å². The maximum Gasteiger partial charge on any atom is 0.338 e. The van der Waals surface area contributed by atoms with E-state index in [1.54, 1.807) is 71.9 Å². The molecule has 5 rings (SSSR count). The van der Waals surface area contributed by atoms with Crippen LogP contribution in [0.3, 0.4) is 0 Å². The molecule has 0 atom stereocenters. The lowest BCUT2D eigenvalue weighted by Crippen LogP contribution is -2.33. The fourth-order valence-electron chi connectivity index (χ4n) is 3.47. The van der Waals surface area contributed by atoms with Gasteiger partial charge in [-0.1, -0.05) is 18.2 Å². The summed E-state index contributed by atoms with van der Waals surface area (Å²) in [6.07, 6.45) is 6.66. The molecular formula is C24H17N5O4. The van der Waals surface area contributed by atoms with E-state index >= 15 is 0 Å². The van der Waals surface area contributed by atoms with E-state index in [2.05, 4.69) is 15.0 Å². The number of hydrogen-bond acceptors (Lipinski definition) is 6. The zero-order valence-corrected chi connectivity index (χ0v) is 17.2. The first-order valence-corrected chi connectivity index (χ1v) is 10.0. The number of ether oxygens (including phenoxy) is 1. The molecule has 3 heterocycles. The van der Waals surface area contributed by atoms with Gasteiger partial charge in [0.1, 0.15) is 18.8 Å². The highest BCUT2D eigenvalue weighted by molar-refractivity contribution is 5.94. The highest BCUT2D eigenvalue weighted by Gasteiger charge is 2.13. The minimum absolute atomic E-state index is 0.0349. The Morgan fingerprint density at radius 1 is 1.00 bits per heavy atom. The summed E-state index contributed by atoms with van der Waals surface area (Å²) in [6, 6.07) is 16.6. The third-order valence-electron chi connectivity index (χ3n) is 5.10. The number of H-pyrrole nitrogens is 1. The second-order valence-electron chi connectivity index (χ2n) is 7.24. The number of hydrogen-bond donors (Lipinski definition) is 1. The number of aromatic amines is 1. The van der Waals surface area contributed by atoms with Crippen molar-refractivity contribution in [3.63, 3.8) is 0 Å². The van der Waals surface area contributed by atoms with Crippen LogP contribution in [-0.2, 0) is 11.3 Å². The topological polar surface area (TPSA) is 112 Å². The lowest BCUT2D eigenvalue weighted by molar-refractivity contribution is 0.0472. The summed E-state index contributed by atoms with van der Waals surface area (Å²) in [7, 11) is 0. The van der Waals surface area contributed by atoms with Gasteiger partial charge < -0.3 is 9.72 Å². The smallest absolute Gasteiger partial charge is 0.338 e. The Balaban J connectivity index is 1.39. The molecule has 0 bridgehead atoms. The van der Waals surface area contributed by atoms with Crippen molar-refractivity contribution in [3.05, 3.63) is 118 Å². The van der Waals surface area contributed by atoms with E-state index in [4.69, 9.17) is 4.74 Å². The van der Waals surface area contributed by atoms with Crippen LogP contribution in [0.15, 0.2) is 95.2 Å². The summed E-state index contributed by atoms with van der Waals surface area (Å²) < 4.78 is 8.22. The normalized spacial score (nSPS) is 10.9. The Morgan fingerprint density at radius 3 is 2.64 bits per heavy atom. The lowest BCUT2D eigenvalue weighted by atomic mass is 10.1. The van der Waals surface area contributed by atoms with E-state index in [1.165, 1.54) is 18.2 Å². The molecule has 0 saturated carbocycles. The molecule has 1 N–H and O–H groups in total. The average Bonchev–Trinajstić information content (AvgIpc) is 3.38. The Morgan fingerprint density at radius 2 is 1.85 bits per heavy atom. The summed E-state index contributed by atoms with van der Waals surface area (Å²) in [5, 5.41) is 0.286. The van der Waals surface area contributed by atoms with E-state index in [9.17, 15) is 14.4 Å². The third-order valence-corrected chi connectivity index (χ3v) is 5.10. The number of esters is 1. The van der Waals surface area contributed by atoms with Crippen molar-refractivity contribution in [2.75, 3.05) is 0 Å². The van der Waals surface area contributed by atoms with Crippen LogP contribution in [0, 0.1) is 0 Å². The second kappa shape index (κ2) is 8.39. The molecule has 0 aliphatic rings. The van der Waals surface area contributed by atoms with Crippen LogP contribution in [-0.4, -0.2) is 30.1 Å². The van der Waals surface area contributed by atoms with Gasteiger partial charge in [-0.3, -0.25) is 9.36 Å². The number of carbonyl (C=O) groups is 1. The number of benzene rings is 2. The lowest BCUT2D eigenvalue weighted by Gasteiger charge is -2.09. The molecule has 2 aromatic carbocycles. The largest absolute Gasteiger partial charge is 0.457 e. The molecule has 9 nitrogen and oxygen atoms in total. The molecule has 0 spiro atoms. The van der Waals surface area contributed by atoms with Crippen LogP contribution >= 0.6 is 0 Å². The van der Waals surface area contributed by atoms with Crippen molar-refractivity contribution in [3.8, 4) is 11.5 Å². The van der Waals surface area contributed by atoms with Gasteiger partial charge in [-0.25, -0.2) is 24.1 Å². The average molecular weight is 439 g/mol. The van der Waals surface area contributed by atoms with Crippen LogP contribution in [0.2, 0.25) is 0 Å². The van der Waals surface area contributed by atoms with Gasteiger partial charge in [0.2, 0.25) is 0 Å². The number of aromatic nitrogens is 5. The van der Waals surface area contributed by atoms with E-state index < -0.39 is 17.2 Å². The number of fused-ring (bicyclic) bond motifs is 1. The number of pyridine rings is 1. The molecule has 9 heteroatoms.